The van der Waals surface area contributed by atoms with E-state index in [-0.39, 0.29) is 0 Å². The van der Waals surface area contributed by atoms with Crippen LogP contribution in [-0.4, -0.2) is 21.1 Å². The third-order valence-corrected chi connectivity index (χ3v) is 9.65. The molecule has 0 aliphatic rings. The Morgan fingerprint density at radius 1 is 1.60 bits per heavy atom. The molecule has 0 fully saturated rings. The quantitative estimate of drug-likeness (QED) is 0.572. The monoisotopic (exact) mass is 262 g/mol. The molecule has 1 aromatic rings. The summed E-state index contributed by atoms with van der Waals surface area (Å²) in [5.41, 5.74) is 0. The van der Waals surface area contributed by atoms with Crippen molar-refractivity contribution < 1.29 is 0 Å². The molecule has 1 rings (SSSR count). The van der Waals surface area contributed by atoms with E-state index in [1.54, 1.807) is 7.33 Å². The van der Waals surface area contributed by atoms with Crippen molar-refractivity contribution in [2.75, 3.05) is 0 Å². The molecule has 2 heteroatoms. The van der Waals surface area contributed by atoms with E-state index in [9.17, 15) is 0 Å². The van der Waals surface area contributed by atoms with E-state index in [1.165, 1.54) is 12.8 Å². The number of thiophene rings is 1. The molecule has 0 unspecified atom stereocenters. The van der Waals surface area contributed by atoms with Crippen LogP contribution >= 0.6 is 11.3 Å². The van der Waals surface area contributed by atoms with Gasteiger partial charge in [-0.1, -0.05) is 0 Å². The fourth-order valence-corrected chi connectivity index (χ4v) is 8.41. The van der Waals surface area contributed by atoms with E-state index in [4.69, 9.17) is 0 Å². The predicted octanol–water partition coefficient (Wildman–Crippen LogP) is 1.76. The van der Waals surface area contributed by atoms with Gasteiger partial charge < -0.3 is 0 Å². The first-order chi connectivity index (χ1) is 4.93. The maximum absolute atomic E-state index is 2.32. The van der Waals surface area contributed by atoms with Gasteiger partial charge in [0.1, 0.15) is 0 Å². The second kappa shape index (κ2) is 5.19. The van der Waals surface area contributed by atoms with Crippen molar-refractivity contribution in [1.82, 2.24) is 0 Å². The Hall–Kier alpha value is 0.499. The molecule has 0 amide bonds. The average molecular weight is 261 g/mol. The van der Waals surface area contributed by atoms with Crippen molar-refractivity contribution in [1.29, 1.82) is 0 Å². The van der Waals surface area contributed by atoms with Crippen LogP contribution in [0.5, 0.6) is 0 Å². The molecular weight excluding hydrogens is 247 g/mol. The summed E-state index contributed by atoms with van der Waals surface area (Å²) in [4.78, 5) is 0. The van der Waals surface area contributed by atoms with E-state index < -0.39 is 21.1 Å². The molecule has 0 bridgehead atoms. The normalized spacial score (nSPS) is 11.3. The van der Waals surface area contributed by atoms with E-state index in [1.807, 2.05) is 11.3 Å². The second-order valence-corrected chi connectivity index (χ2v) is 10.7. The summed E-state index contributed by atoms with van der Waals surface area (Å²) in [7, 11) is 0. The van der Waals surface area contributed by atoms with Crippen LogP contribution < -0.4 is 2.89 Å². The second-order valence-electron chi connectivity index (χ2n) is 2.54. The van der Waals surface area contributed by atoms with Gasteiger partial charge in [-0.2, -0.15) is 0 Å². The van der Waals surface area contributed by atoms with Crippen molar-refractivity contribution in [2.24, 2.45) is 0 Å². The first kappa shape index (κ1) is 8.59. The van der Waals surface area contributed by atoms with Gasteiger partial charge in [0, 0.05) is 0 Å². The summed E-state index contributed by atoms with van der Waals surface area (Å²) >= 11 is 1.52. The zero-order valence-electron chi connectivity index (χ0n) is 6.47. The molecule has 0 spiro atoms. The Kier molecular flexibility index (Phi) is 4.46. The van der Waals surface area contributed by atoms with Crippen molar-refractivity contribution in [3.8, 4) is 0 Å². The van der Waals surface area contributed by atoms with E-state index in [0.717, 1.165) is 0 Å². The van der Waals surface area contributed by atoms with Crippen LogP contribution in [0, 0.1) is 0 Å². The maximum atomic E-state index is 2.32. The van der Waals surface area contributed by atoms with Crippen LogP contribution in [0.2, 0.25) is 4.44 Å². The summed E-state index contributed by atoms with van der Waals surface area (Å²) in [6.45, 7) is 2.28. The first-order valence-electron chi connectivity index (χ1n) is 3.96. The molecule has 0 aromatic carbocycles. The third kappa shape index (κ3) is 3.06. The standard InChI is InChI=1S/C4H3S.C4H9.Sn.2H/c1-2-4-5-3-1;1-3-4-2;;;/h1-3H;1,3-4H2,2H3;;;. The Labute approximate surface area is 76.9 Å². The summed E-state index contributed by atoms with van der Waals surface area (Å²) in [6, 6.07) is 4.50. The summed E-state index contributed by atoms with van der Waals surface area (Å²) in [5.74, 6) is 0. The molecule has 1 heterocycles. The minimum atomic E-state index is -0.448. The van der Waals surface area contributed by atoms with Gasteiger partial charge in [-0.3, -0.25) is 0 Å². The molecule has 0 aliphatic carbocycles. The van der Waals surface area contributed by atoms with Crippen molar-refractivity contribution in [3.05, 3.63) is 17.5 Å². The van der Waals surface area contributed by atoms with Gasteiger partial charge in [0.15, 0.2) is 0 Å². The van der Waals surface area contributed by atoms with Crippen molar-refractivity contribution in [3.63, 3.8) is 0 Å². The molecule has 56 valence electrons. The Morgan fingerprint density at radius 2 is 2.50 bits per heavy atom. The van der Waals surface area contributed by atoms with Crippen molar-refractivity contribution in [2.45, 2.75) is 24.2 Å². The Balaban J connectivity index is 2.15. The van der Waals surface area contributed by atoms with Crippen LogP contribution in [0.25, 0.3) is 0 Å². The summed E-state index contributed by atoms with van der Waals surface area (Å²) in [6.07, 6.45) is 2.84. The molecule has 0 nitrogen and oxygen atoms in total. The zero-order valence-corrected chi connectivity index (χ0v) is 11.3. The Morgan fingerprint density at radius 3 is 3.10 bits per heavy atom. The number of rotatable bonds is 4. The SMILES string of the molecule is CCC[CH2][SnH2][c]1cccs1. The molecule has 0 aliphatic heterocycles. The van der Waals surface area contributed by atoms with Crippen LogP contribution in [0.3, 0.4) is 0 Å². The molecule has 0 saturated heterocycles. The molecule has 0 N–H and O–H groups in total. The predicted molar refractivity (Wildman–Crippen MR) is 52.2 cm³/mol. The van der Waals surface area contributed by atoms with Gasteiger partial charge in [-0.05, 0) is 0 Å². The number of unbranched alkanes of at least 4 members (excludes halogenated alkanes) is 1. The third-order valence-electron chi connectivity index (χ3n) is 1.61. The van der Waals surface area contributed by atoms with Crippen LogP contribution in [-0.2, 0) is 0 Å². The van der Waals surface area contributed by atoms with Gasteiger partial charge in [0.05, 0.1) is 0 Å². The molecule has 1 aromatic heterocycles. The van der Waals surface area contributed by atoms with E-state index in [0.29, 0.717) is 0 Å². The number of hydrogen-bond acceptors (Lipinski definition) is 1. The van der Waals surface area contributed by atoms with E-state index >= 15 is 0 Å². The van der Waals surface area contributed by atoms with Gasteiger partial charge in [-0.25, -0.2) is 0 Å². The minimum absolute atomic E-state index is 0.448. The molecule has 10 heavy (non-hydrogen) atoms. The zero-order chi connectivity index (χ0) is 7.23. The van der Waals surface area contributed by atoms with Gasteiger partial charge in [0.2, 0.25) is 0 Å². The topological polar surface area (TPSA) is 0 Å². The van der Waals surface area contributed by atoms with Crippen LogP contribution in [0.4, 0.5) is 0 Å². The molecular formula is C8H14SSn. The van der Waals surface area contributed by atoms with Crippen LogP contribution in [0.15, 0.2) is 17.5 Å². The van der Waals surface area contributed by atoms with Crippen molar-refractivity contribution >= 4 is 35.4 Å². The summed E-state index contributed by atoms with van der Waals surface area (Å²) in [5, 5.41) is 2.21. The number of hydrogen-bond donors (Lipinski definition) is 0. The fraction of sp³-hybridized carbons (Fsp3) is 0.500. The fourth-order valence-electron chi connectivity index (χ4n) is 1.00. The average Bonchev–Trinajstić information content (AvgIpc) is 2.41. The Bertz CT molecular complexity index is 158. The summed E-state index contributed by atoms with van der Waals surface area (Å²) < 4.78 is 3.31. The van der Waals surface area contributed by atoms with Crippen LogP contribution in [0.1, 0.15) is 19.8 Å². The van der Waals surface area contributed by atoms with Gasteiger partial charge in [-0.15, -0.1) is 0 Å². The first-order valence-corrected chi connectivity index (χ1v) is 9.71. The van der Waals surface area contributed by atoms with Gasteiger partial charge >= 0.3 is 77.1 Å². The molecule has 0 atom stereocenters. The molecule has 0 saturated carbocycles. The molecule has 0 radical (unpaired) electrons. The van der Waals surface area contributed by atoms with Gasteiger partial charge in [0.25, 0.3) is 0 Å². The van der Waals surface area contributed by atoms with E-state index in [2.05, 4.69) is 24.4 Å².